The van der Waals surface area contributed by atoms with Gasteiger partial charge in [-0.25, -0.2) is 9.48 Å². The number of rotatable bonds is 3. The number of carbonyl (C=O) groups is 2. The lowest BCUT2D eigenvalue weighted by molar-refractivity contribution is -0.133. The minimum absolute atomic E-state index is 0.109. The van der Waals surface area contributed by atoms with Crippen molar-refractivity contribution in [3.63, 3.8) is 0 Å². The van der Waals surface area contributed by atoms with E-state index in [9.17, 15) is 14.4 Å². The molecule has 0 saturated carbocycles. The van der Waals surface area contributed by atoms with E-state index < -0.39 is 0 Å². The van der Waals surface area contributed by atoms with Gasteiger partial charge in [0.05, 0.1) is 11.8 Å². The van der Waals surface area contributed by atoms with Crippen LogP contribution in [-0.4, -0.2) is 62.0 Å². The maximum Gasteiger partial charge on any atom is 0.350 e. The van der Waals surface area contributed by atoms with Gasteiger partial charge in [0.1, 0.15) is 12.8 Å². The summed E-state index contributed by atoms with van der Waals surface area (Å²) in [4.78, 5) is 40.4. The van der Waals surface area contributed by atoms with Gasteiger partial charge in [0.2, 0.25) is 5.91 Å². The number of pyridine rings is 1. The van der Waals surface area contributed by atoms with Gasteiger partial charge < -0.3 is 14.2 Å². The van der Waals surface area contributed by atoms with Gasteiger partial charge in [0, 0.05) is 32.4 Å². The Hall–Kier alpha value is -3.36. The molecule has 4 heterocycles. The van der Waals surface area contributed by atoms with Crippen molar-refractivity contribution >= 4 is 17.5 Å². The summed E-state index contributed by atoms with van der Waals surface area (Å²) < 4.78 is 7.50. The van der Waals surface area contributed by atoms with Crippen LogP contribution in [0.4, 0.5) is 0 Å². The van der Waals surface area contributed by atoms with Crippen LogP contribution in [0.15, 0.2) is 52.2 Å². The fraction of sp³-hybridized carbons (Fsp3) is 0.294. The van der Waals surface area contributed by atoms with Crippen LogP contribution in [0.1, 0.15) is 10.4 Å². The van der Waals surface area contributed by atoms with Crippen molar-refractivity contribution in [1.82, 2.24) is 24.0 Å². The van der Waals surface area contributed by atoms with E-state index in [1.165, 1.54) is 21.6 Å². The molecule has 0 spiro atoms. The van der Waals surface area contributed by atoms with Crippen LogP contribution in [0.2, 0.25) is 0 Å². The molecule has 0 aliphatic carbocycles. The van der Waals surface area contributed by atoms with Gasteiger partial charge in [-0.15, -0.1) is 5.10 Å². The Balaban J connectivity index is 1.40. The predicted octanol–water partition coefficient (Wildman–Crippen LogP) is 0.0736. The number of fused-ring (bicyclic) bond motifs is 1. The molecule has 1 aliphatic heterocycles. The van der Waals surface area contributed by atoms with Crippen LogP contribution < -0.4 is 5.69 Å². The van der Waals surface area contributed by atoms with Gasteiger partial charge in [-0.2, -0.15) is 0 Å². The summed E-state index contributed by atoms with van der Waals surface area (Å²) in [5, 5.41) is 4.17. The predicted molar refractivity (Wildman–Crippen MR) is 90.6 cm³/mol. The molecule has 3 aromatic heterocycles. The Morgan fingerprint density at radius 2 is 1.85 bits per heavy atom. The van der Waals surface area contributed by atoms with Gasteiger partial charge in [-0.05, 0) is 18.2 Å². The largest absolute Gasteiger partial charge is 0.472 e. The minimum Gasteiger partial charge on any atom is -0.472 e. The standard InChI is InChI=1S/C17H17N5O4/c23-15(11-22-17(25)21-5-2-1-3-14(21)18-22)19-6-8-20(9-7-19)16(24)13-4-10-26-12-13/h1-5,10,12H,6-9,11H2. The van der Waals surface area contributed by atoms with Crippen molar-refractivity contribution in [1.29, 1.82) is 0 Å². The fourth-order valence-electron chi connectivity index (χ4n) is 3.03. The first kappa shape index (κ1) is 16.1. The lowest BCUT2D eigenvalue weighted by atomic mass is 10.2. The summed E-state index contributed by atoms with van der Waals surface area (Å²) >= 11 is 0. The zero-order valence-corrected chi connectivity index (χ0v) is 13.9. The molecule has 3 aromatic rings. The molecular weight excluding hydrogens is 338 g/mol. The van der Waals surface area contributed by atoms with E-state index in [4.69, 9.17) is 4.42 Å². The molecule has 9 heteroatoms. The zero-order chi connectivity index (χ0) is 18.1. The minimum atomic E-state index is -0.345. The maximum absolute atomic E-state index is 12.5. The van der Waals surface area contributed by atoms with Crippen molar-refractivity contribution in [2.45, 2.75) is 6.54 Å². The summed E-state index contributed by atoms with van der Waals surface area (Å²) in [7, 11) is 0. The first-order valence-corrected chi connectivity index (χ1v) is 8.27. The number of carbonyl (C=O) groups excluding carboxylic acids is 2. The lowest BCUT2D eigenvalue weighted by Gasteiger charge is -2.34. The van der Waals surface area contributed by atoms with Crippen molar-refractivity contribution in [2.24, 2.45) is 0 Å². The Labute approximate surface area is 148 Å². The van der Waals surface area contributed by atoms with Crippen molar-refractivity contribution in [3.05, 3.63) is 59.0 Å². The van der Waals surface area contributed by atoms with Crippen molar-refractivity contribution in [3.8, 4) is 0 Å². The third-order valence-electron chi connectivity index (χ3n) is 4.46. The molecule has 0 radical (unpaired) electrons. The molecule has 0 atom stereocenters. The summed E-state index contributed by atoms with van der Waals surface area (Å²) in [6.45, 7) is 1.61. The van der Waals surface area contributed by atoms with E-state index in [1.54, 1.807) is 40.3 Å². The first-order chi connectivity index (χ1) is 12.6. The van der Waals surface area contributed by atoms with Crippen LogP contribution in [-0.2, 0) is 11.3 Å². The van der Waals surface area contributed by atoms with Crippen LogP contribution in [0.25, 0.3) is 5.65 Å². The molecule has 0 N–H and O–H groups in total. The molecule has 2 amide bonds. The van der Waals surface area contributed by atoms with E-state index in [0.29, 0.717) is 37.4 Å². The normalized spacial score (nSPS) is 14.8. The quantitative estimate of drug-likeness (QED) is 0.663. The lowest BCUT2D eigenvalue weighted by Crippen LogP contribution is -2.51. The molecule has 1 saturated heterocycles. The number of piperazine rings is 1. The van der Waals surface area contributed by atoms with Crippen LogP contribution >= 0.6 is 0 Å². The van der Waals surface area contributed by atoms with E-state index >= 15 is 0 Å². The van der Waals surface area contributed by atoms with Gasteiger partial charge in [0.25, 0.3) is 5.91 Å². The molecule has 0 bridgehead atoms. The molecule has 1 aliphatic rings. The average Bonchev–Trinajstić information content (AvgIpc) is 3.31. The Bertz CT molecular complexity index is 996. The number of amides is 2. The second-order valence-corrected chi connectivity index (χ2v) is 6.05. The maximum atomic E-state index is 12.5. The molecular formula is C17H17N5O4. The number of hydrogen-bond donors (Lipinski definition) is 0. The molecule has 26 heavy (non-hydrogen) atoms. The van der Waals surface area contributed by atoms with Crippen molar-refractivity contribution < 1.29 is 14.0 Å². The van der Waals surface area contributed by atoms with Crippen LogP contribution in [0.5, 0.6) is 0 Å². The van der Waals surface area contributed by atoms with Crippen LogP contribution in [0, 0.1) is 0 Å². The average molecular weight is 355 g/mol. The third kappa shape index (κ3) is 2.87. The van der Waals surface area contributed by atoms with E-state index in [2.05, 4.69) is 5.10 Å². The van der Waals surface area contributed by atoms with Crippen LogP contribution in [0.3, 0.4) is 0 Å². The van der Waals surface area contributed by atoms with E-state index in [-0.39, 0.29) is 24.0 Å². The number of hydrogen-bond acceptors (Lipinski definition) is 5. The van der Waals surface area contributed by atoms with Gasteiger partial charge in [0.15, 0.2) is 5.65 Å². The van der Waals surface area contributed by atoms with Gasteiger partial charge in [-0.3, -0.25) is 14.0 Å². The number of furan rings is 1. The molecule has 9 nitrogen and oxygen atoms in total. The SMILES string of the molecule is O=C(Cn1nc2ccccn2c1=O)N1CCN(C(=O)c2ccoc2)CC1. The third-order valence-corrected chi connectivity index (χ3v) is 4.46. The number of aromatic nitrogens is 3. The smallest absolute Gasteiger partial charge is 0.350 e. The summed E-state index contributed by atoms with van der Waals surface area (Å²) in [6, 6.07) is 6.85. The van der Waals surface area contributed by atoms with Crippen molar-refractivity contribution in [2.75, 3.05) is 26.2 Å². The van der Waals surface area contributed by atoms with Gasteiger partial charge >= 0.3 is 5.69 Å². The molecule has 0 aromatic carbocycles. The Kier molecular flexibility index (Phi) is 4.04. The second-order valence-electron chi connectivity index (χ2n) is 6.05. The molecule has 1 fully saturated rings. The second kappa shape index (κ2) is 6.51. The summed E-state index contributed by atoms with van der Waals surface area (Å²) in [5.74, 6) is -0.298. The summed E-state index contributed by atoms with van der Waals surface area (Å²) in [5.41, 5.74) is 0.657. The highest BCUT2D eigenvalue weighted by atomic mass is 16.3. The zero-order valence-electron chi connectivity index (χ0n) is 13.9. The number of nitrogens with zero attached hydrogens (tertiary/aromatic N) is 5. The highest BCUT2D eigenvalue weighted by Gasteiger charge is 2.26. The van der Waals surface area contributed by atoms with E-state index in [1.807, 2.05) is 0 Å². The highest BCUT2D eigenvalue weighted by molar-refractivity contribution is 5.94. The Morgan fingerprint density at radius 1 is 1.08 bits per heavy atom. The molecule has 4 rings (SSSR count). The topological polar surface area (TPSA) is 93.1 Å². The van der Waals surface area contributed by atoms with Gasteiger partial charge in [-0.1, -0.05) is 6.07 Å². The monoisotopic (exact) mass is 355 g/mol. The highest BCUT2D eigenvalue weighted by Crippen LogP contribution is 2.10. The molecule has 134 valence electrons. The fourth-order valence-corrected chi connectivity index (χ4v) is 3.03. The summed E-state index contributed by atoms with van der Waals surface area (Å²) in [6.07, 6.45) is 4.49. The first-order valence-electron chi connectivity index (χ1n) is 8.27. The molecule has 0 unspecified atom stereocenters. The Morgan fingerprint density at radius 3 is 2.54 bits per heavy atom. The van der Waals surface area contributed by atoms with E-state index in [0.717, 1.165) is 0 Å².